The summed E-state index contributed by atoms with van der Waals surface area (Å²) in [6.07, 6.45) is 1.66. The van der Waals surface area contributed by atoms with E-state index in [2.05, 4.69) is 10.6 Å². The van der Waals surface area contributed by atoms with Crippen molar-refractivity contribution in [2.45, 2.75) is 38.8 Å². The van der Waals surface area contributed by atoms with Crippen LogP contribution in [0.25, 0.3) is 0 Å². The maximum absolute atomic E-state index is 12.5. The van der Waals surface area contributed by atoms with Gasteiger partial charge in [-0.05, 0) is 37.1 Å². The molecule has 2 unspecified atom stereocenters. The first-order valence-electron chi connectivity index (χ1n) is 10.1. The smallest absolute Gasteiger partial charge is 1.00 e. The van der Waals surface area contributed by atoms with Crippen LogP contribution in [0.2, 0.25) is 0 Å². The van der Waals surface area contributed by atoms with E-state index >= 15 is 0 Å². The second kappa shape index (κ2) is 11.6. The van der Waals surface area contributed by atoms with Gasteiger partial charge in [0.05, 0.1) is 12.5 Å². The van der Waals surface area contributed by atoms with Gasteiger partial charge in [0.25, 0.3) is 5.91 Å². The molecule has 8 nitrogen and oxygen atoms in total. The van der Waals surface area contributed by atoms with Crippen LogP contribution in [0.4, 0.5) is 4.79 Å². The van der Waals surface area contributed by atoms with Crippen LogP contribution in [0.15, 0.2) is 48.2 Å². The third-order valence-electron chi connectivity index (χ3n) is 5.35. The summed E-state index contributed by atoms with van der Waals surface area (Å²) >= 11 is 1.42. The minimum absolute atomic E-state index is 0. The molecule has 2 aromatic rings. The Kier molecular flexibility index (Phi) is 9.42. The number of rotatable bonds is 7. The number of benzene rings is 1. The number of nitrogens with one attached hydrogen (secondary N) is 2. The third-order valence-corrected chi connectivity index (χ3v) is 6.55. The van der Waals surface area contributed by atoms with Crippen molar-refractivity contribution < 1.29 is 55.3 Å². The van der Waals surface area contributed by atoms with Crippen molar-refractivity contribution >= 4 is 35.0 Å². The van der Waals surface area contributed by atoms with Crippen molar-refractivity contribution in [2.75, 3.05) is 7.05 Å². The number of carbonyl (C=O) groups excluding carboxylic acids is 3. The fourth-order valence-corrected chi connectivity index (χ4v) is 4.50. The molecule has 3 N–H and O–H groups in total. The fourth-order valence-electron chi connectivity index (χ4n) is 3.41. The number of hydrogen-bond donors (Lipinski definition) is 3. The fraction of sp³-hybridized carbons (Fsp3) is 0.304. The van der Waals surface area contributed by atoms with Crippen molar-refractivity contribution in [3.63, 3.8) is 0 Å². The van der Waals surface area contributed by atoms with Crippen LogP contribution in [0.5, 0.6) is 0 Å². The van der Waals surface area contributed by atoms with Crippen molar-refractivity contribution in [2.24, 2.45) is 0 Å². The minimum atomic E-state index is -1.34. The van der Waals surface area contributed by atoms with Gasteiger partial charge in [0.2, 0.25) is 0 Å². The number of amides is 3. The Balaban J connectivity index is 0.00000289. The molecule has 0 fully saturated rings. The second-order valence-corrected chi connectivity index (χ2v) is 8.89. The quantitative estimate of drug-likeness (QED) is 0.379. The maximum atomic E-state index is 12.5. The number of urea groups is 1. The maximum Gasteiger partial charge on any atom is 1.00 e. The van der Waals surface area contributed by atoms with Crippen LogP contribution in [0, 0.1) is 6.92 Å². The summed E-state index contributed by atoms with van der Waals surface area (Å²) in [4.78, 5) is 51.5. The van der Waals surface area contributed by atoms with Crippen LogP contribution < -0.4 is 40.2 Å². The van der Waals surface area contributed by atoms with E-state index in [1.54, 1.807) is 13.0 Å². The molecule has 2 heterocycles. The summed E-state index contributed by atoms with van der Waals surface area (Å²) in [5.41, 5.74) is 2.82. The summed E-state index contributed by atoms with van der Waals surface area (Å²) in [5.74, 6) is -2.14. The average molecular weight is 480 g/mol. The van der Waals surface area contributed by atoms with Crippen LogP contribution in [-0.4, -0.2) is 46.8 Å². The van der Waals surface area contributed by atoms with Gasteiger partial charge in [0.1, 0.15) is 0 Å². The number of ketones is 1. The Morgan fingerprint density at radius 3 is 2.55 bits per heavy atom. The SMILES string of the molecule is CC1=CC(=O)C(NC(=O)NC(CC(=O)O)c2ccc(Cc3ccccc3C)s2)C(=O)N1C.[H-].[Na+]. The Morgan fingerprint density at radius 1 is 1.18 bits per heavy atom. The zero-order chi connectivity index (χ0) is 23.4. The molecule has 170 valence electrons. The standard InChI is InChI=1S/C23H25N3O5S.Na.H/c1-13-6-4-5-7-15(13)11-16-8-9-19(32-16)17(12-20(28)29)24-23(31)25-21-18(27)10-14(2)26(3)22(21)30;;/h4-10,17,21H,11-12H2,1-3H3,(H,28,29)(H2,24,25,31);;/q;+1;-1. The minimum Gasteiger partial charge on any atom is -1.00 e. The summed E-state index contributed by atoms with van der Waals surface area (Å²) in [7, 11) is 1.52. The van der Waals surface area contributed by atoms with Crippen molar-refractivity contribution in [3.8, 4) is 0 Å². The molecule has 0 aliphatic carbocycles. The average Bonchev–Trinajstić information content (AvgIpc) is 3.19. The first-order valence-corrected chi connectivity index (χ1v) is 10.9. The van der Waals surface area contributed by atoms with Gasteiger partial charge >= 0.3 is 41.6 Å². The zero-order valence-corrected chi connectivity index (χ0v) is 21.9. The van der Waals surface area contributed by atoms with Crippen LogP contribution in [-0.2, 0) is 20.8 Å². The van der Waals surface area contributed by atoms with Crippen LogP contribution in [0.3, 0.4) is 0 Å². The van der Waals surface area contributed by atoms with E-state index in [0.717, 1.165) is 10.4 Å². The Labute approximate surface area is 219 Å². The first-order chi connectivity index (χ1) is 15.2. The predicted octanol–water partition coefficient (Wildman–Crippen LogP) is -0.108. The van der Waals surface area contributed by atoms with Crippen molar-refractivity contribution in [1.29, 1.82) is 0 Å². The number of carboxylic acids is 1. The summed E-state index contributed by atoms with van der Waals surface area (Å²) in [6, 6.07) is 8.81. The number of carboxylic acid groups (broad SMARTS) is 1. The molecule has 0 saturated carbocycles. The molecular formula is C23H26N3NaO5S. The van der Waals surface area contributed by atoms with E-state index in [4.69, 9.17) is 0 Å². The van der Waals surface area contributed by atoms with Crippen molar-refractivity contribution in [1.82, 2.24) is 15.5 Å². The van der Waals surface area contributed by atoms with Gasteiger partial charge in [-0.25, -0.2) is 4.79 Å². The second-order valence-electron chi connectivity index (χ2n) is 7.69. The number of aliphatic carboxylic acids is 1. The molecule has 0 bridgehead atoms. The van der Waals surface area contributed by atoms with E-state index in [0.29, 0.717) is 17.0 Å². The number of nitrogens with zero attached hydrogens (tertiary/aromatic N) is 1. The molecule has 1 aromatic heterocycles. The number of allylic oxidation sites excluding steroid dienone is 1. The van der Waals surface area contributed by atoms with Gasteiger partial charge in [-0.3, -0.25) is 14.4 Å². The van der Waals surface area contributed by atoms with Gasteiger partial charge < -0.3 is 22.1 Å². The molecule has 3 rings (SSSR count). The van der Waals surface area contributed by atoms with Crippen LogP contribution in [0.1, 0.15) is 41.7 Å². The molecule has 33 heavy (non-hydrogen) atoms. The molecule has 10 heteroatoms. The Bertz CT molecular complexity index is 1100. The molecule has 0 spiro atoms. The molecule has 0 saturated heterocycles. The van der Waals surface area contributed by atoms with Gasteiger partial charge in [0.15, 0.2) is 11.8 Å². The van der Waals surface area contributed by atoms with Crippen molar-refractivity contribution in [3.05, 3.63) is 69.1 Å². The Morgan fingerprint density at radius 2 is 1.88 bits per heavy atom. The van der Waals surface area contributed by atoms with Gasteiger partial charge in [-0.1, -0.05) is 24.3 Å². The van der Waals surface area contributed by atoms with E-state index in [1.807, 2.05) is 37.3 Å². The van der Waals surface area contributed by atoms with E-state index in [1.165, 1.54) is 34.9 Å². The number of aryl methyl sites for hydroxylation is 1. The van der Waals surface area contributed by atoms with Gasteiger partial charge in [-0.2, -0.15) is 0 Å². The number of likely N-dealkylation sites (N-methyl/N-ethyl adjacent to an activating group) is 1. The molecular weight excluding hydrogens is 453 g/mol. The largest absolute Gasteiger partial charge is 1.00 e. The monoisotopic (exact) mass is 479 g/mol. The normalized spacial score (nSPS) is 16.5. The van der Waals surface area contributed by atoms with E-state index < -0.39 is 35.8 Å². The molecule has 3 amide bonds. The number of carbonyl (C=O) groups is 4. The van der Waals surface area contributed by atoms with Gasteiger partial charge in [-0.15, -0.1) is 11.3 Å². The van der Waals surface area contributed by atoms with E-state index in [9.17, 15) is 24.3 Å². The summed E-state index contributed by atoms with van der Waals surface area (Å²) in [5, 5.41) is 14.3. The third kappa shape index (κ3) is 6.77. The molecule has 1 aliphatic rings. The summed E-state index contributed by atoms with van der Waals surface area (Å²) in [6.45, 7) is 3.66. The predicted molar refractivity (Wildman–Crippen MR) is 121 cm³/mol. The first kappa shape index (κ1) is 26.8. The number of hydrogen-bond acceptors (Lipinski definition) is 5. The summed E-state index contributed by atoms with van der Waals surface area (Å²) < 4.78 is 0. The van der Waals surface area contributed by atoms with E-state index in [-0.39, 0.29) is 37.4 Å². The van der Waals surface area contributed by atoms with Gasteiger partial charge in [0, 0.05) is 35.0 Å². The molecule has 2 atom stereocenters. The van der Waals surface area contributed by atoms with Crippen LogP contribution >= 0.6 is 11.3 Å². The molecule has 0 radical (unpaired) electrons. The molecule has 1 aliphatic heterocycles. The Hall–Kier alpha value is -2.46. The topological polar surface area (TPSA) is 116 Å². The molecule has 1 aromatic carbocycles. The zero-order valence-electron chi connectivity index (χ0n) is 20.0. The number of thiophene rings is 1.